The van der Waals surface area contributed by atoms with E-state index in [9.17, 15) is 9.59 Å². The van der Waals surface area contributed by atoms with Gasteiger partial charge in [0.15, 0.2) is 0 Å². The topological polar surface area (TPSA) is 61.4 Å². The van der Waals surface area contributed by atoms with Gasteiger partial charge in [0, 0.05) is 11.0 Å². The summed E-state index contributed by atoms with van der Waals surface area (Å²) in [7, 11) is 0. The fraction of sp³-hybridized carbons (Fsp3) is 0.412. The van der Waals surface area contributed by atoms with Crippen LogP contribution in [-0.2, 0) is 4.79 Å². The fourth-order valence-electron chi connectivity index (χ4n) is 2.93. The molecule has 1 aromatic carbocycles. The van der Waals surface area contributed by atoms with Crippen molar-refractivity contribution in [3.05, 3.63) is 45.6 Å². The zero-order chi connectivity index (χ0) is 16.6. The summed E-state index contributed by atoms with van der Waals surface area (Å²) in [5.41, 5.74) is 2.31. The number of benzene rings is 1. The highest BCUT2D eigenvalue weighted by Crippen LogP contribution is 2.33. The Morgan fingerprint density at radius 3 is 2.61 bits per heavy atom. The molecule has 0 spiro atoms. The van der Waals surface area contributed by atoms with Crippen molar-refractivity contribution in [2.75, 3.05) is 13.1 Å². The van der Waals surface area contributed by atoms with E-state index in [0.717, 1.165) is 22.2 Å². The normalized spacial score (nSPS) is 20.7. The van der Waals surface area contributed by atoms with Crippen molar-refractivity contribution in [2.24, 2.45) is 5.92 Å². The number of rotatable bonds is 4. The summed E-state index contributed by atoms with van der Waals surface area (Å²) < 4.78 is 0.965. The van der Waals surface area contributed by atoms with E-state index in [2.05, 4.69) is 40.4 Å². The van der Waals surface area contributed by atoms with Gasteiger partial charge in [-0.3, -0.25) is 4.79 Å². The Labute approximate surface area is 144 Å². The van der Waals surface area contributed by atoms with Crippen LogP contribution in [0, 0.1) is 5.92 Å². The summed E-state index contributed by atoms with van der Waals surface area (Å²) in [4.78, 5) is 26.5. The third-order valence-corrected chi connectivity index (χ3v) is 4.73. The average molecular weight is 378 g/mol. The molecule has 0 radical (unpaired) electrons. The molecular weight excluding hydrogens is 358 g/mol. The maximum Gasteiger partial charge on any atom is 0.319 e. The molecule has 3 amide bonds. The minimum Gasteiger partial charge on any atom is -0.333 e. The molecule has 2 aliphatic rings. The number of halogens is 1. The largest absolute Gasteiger partial charge is 0.333 e. The smallest absolute Gasteiger partial charge is 0.319 e. The first-order chi connectivity index (χ1) is 11.0. The molecule has 1 aromatic rings. The first-order valence-electron chi connectivity index (χ1n) is 7.81. The molecule has 122 valence electrons. The van der Waals surface area contributed by atoms with E-state index < -0.39 is 0 Å². The van der Waals surface area contributed by atoms with Crippen LogP contribution in [0.3, 0.4) is 0 Å². The lowest BCUT2D eigenvalue weighted by Crippen LogP contribution is -2.44. The molecule has 2 heterocycles. The highest BCUT2D eigenvalue weighted by Gasteiger charge is 2.40. The first-order valence-corrected chi connectivity index (χ1v) is 8.60. The molecule has 2 aliphatic heterocycles. The summed E-state index contributed by atoms with van der Waals surface area (Å²) in [6.07, 6.45) is 0.955. The van der Waals surface area contributed by atoms with E-state index in [1.807, 2.05) is 29.2 Å². The van der Waals surface area contributed by atoms with Gasteiger partial charge in [0.2, 0.25) is 0 Å². The summed E-state index contributed by atoms with van der Waals surface area (Å²) in [6, 6.07) is 7.04. The lowest BCUT2D eigenvalue weighted by molar-refractivity contribution is -0.125. The Kier molecular flexibility index (Phi) is 4.43. The molecule has 0 saturated carbocycles. The third-order valence-electron chi connectivity index (χ3n) is 4.20. The van der Waals surface area contributed by atoms with Crippen molar-refractivity contribution < 1.29 is 9.59 Å². The van der Waals surface area contributed by atoms with Crippen molar-refractivity contribution >= 4 is 27.9 Å². The van der Waals surface area contributed by atoms with E-state index in [4.69, 9.17) is 0 Å². The molecule has 2 N–H and O–H groups in total. The molecule has 0 aliphatic carbocycles. The second-order valence-corrected chi connectivity index (χ2v) is 7.30. The molecule has 5 nitrogen and oxygen atoms in total. The van der Waals surface area contributed by atoms with Crippen molar-refractivity contribution in [1.82, 2.24) is 15.5 Å². The molecule has 0 saturated heterocycles. The minimum atomic E-state index is -0.386. The maximum atomic E-state index is 12.8. The molecule has 0 aromatic heterocycles. The average Bonchev–Trinajstić information content (AvgIpc) is 2.81. The standard InChI is InChI=1S/C17H20BrN3O2/c1-10(2)7-8-21-9-13-14(16(21)22)15(20-17(23)19-13)11-3-5-12(18)6-4-11/h3-6,10,15H,7-9H2,1-2H3,(H2,19,20,23)/t15-/m1/s1. The van der Waals surface area contributed by atoms with Crippen LogP contribution in [0.4, 0.5) is 4.79 Å². The summed E-state index contributed by atoms with van der Waals surface area (Å²) in [6.45, 7) is 5.48. The van der Waals surface area contributed by atoms with Gasteiger partial charge in [-0.05, 0) is 30.0 Å². The Morgan fingerprint density at radius 2 is 1.96 bits per heavy atom. The number of nitrogens with one attached hydrogen (secondary N) is 2. The predicted octanol–water partition coefficient (Wildman–Crippen LogP) is 2.95. The Hall–Kier alpha value is -1.82. The van der Waals surface area contributed by atoms with Crippen LogP contribution in [0.15, 0.2) is 40.0 Å². The molecular formula is C17H20BrN3O2. The highest BCUT2D eigenvalue weighted by atomic mass is 79.9. The van der Waals surface area contributed by atoms with Gasteiger partial charge in [0.1, 0.15) is 0 Å². The highest BCUT2D eigenvalue weighted by molar-refractivity contribution is 9.10. The number of amides is 3. The van der Waals surface area contributed by atoms with Gasteiger partial charge in [-0.1, -0.05) is 41.9 Å². The summed E-state index contributed by atoms with van der Waals surface area (Å²) in [5, 5.41) is 5.66. The second-order valence-electron chi connectivity index (χ2n) is 6.38. The van der Waals surface area contributed by atoms with Crippen LogP contribution in [0.2, 0.25) is 0 Å². The lowest BCUT2D eigenvalue weighted by atomic mass is 9.96. The number of urea groups is 1. The summed E-state index contributed by atoms with van der Waals surface area (Å²) >= 11 is 3.41. The van der Waals surface area contributed by atoms with E-state index >= 15 is 0 Å². The molecule has 23 heavy (non-hydrogen) atoms. The van der Waals surface area contributed by atoms with Crippen molar-refractivity contribution in [3.8, 4) is 0 Å². The Bertz CT molecular complexity index is 667. The van der Waals surface area contributed by atoms with Crippen LogP contribution < -0.4 is 10.6 Å². The third kappa shape index (κ3) is 3.27. The van der Waals surface area contributed by atoms with Gasteiger partial charge in [-0.2, -0.15) is 0 Å². The quantitative estimate of drug-likeness (QED) is 0.847. The van der Waals surface area contributed by atoms with Gasteiger partial charge in [-0.25, -0.2) is 4.79 Å². The van der Waals surface area contributed by atoms with Crippen LogP contribution in [0.25, 0.3) is 0 Å². The minimum absolute atomic E-state index is 0.0149. The molecule has 0 bridgehead atoms. The Balaban J connectivity index is 1.87. The number of carbonyl (C=O) groups is 2. The van der Waals surface area contributed by atoms with Crippen molar-refractivity contribution in [2.45, 2.75) is 26.3 Å². The van der Waals surface area contributed by atoms with Gasteiger partial charge in [0.05, 0.1) is 23.9 Å². The van der Waals surface area contributed by atoms with Crippen LogP contribution in [0.1, 0.15) is 31.9 Å². The van der Waals surface area contributed by atoms with Gasteiger partial charge in [0.25, 0.3) is 5.91 Å². The Morgan fingerprint density at radius 1 is 1.26 bits per heavy atom. The SMILES string of the molecule is CC(C)CCN1CC2=C(C1=O)[C@@H](c1ccc(Br)cc1)NC(=O)N2. The second kappa shape index (κ2) is 6.35. The van der Waals surface area contributed by atoms with E-state index in [1.165, 1.54) is 0 Å². The van der Waals surface area contributed by atoms with Gasteiger partial charge < -0.3 is 15.5 Å². The monoisotopic (exact) mass is 377 g/mol. The van der Waals surface area contributed by atoms with Crippen molar-refractivity contribution in [1.29, 1.82) is 0 Å². The van der Waals surface area contributed by atoms with E-state index in [0.29, 0.717) is 24.6 Å². The zero-order valence-corrected chi connectivity index (χ0v) is 14.8. The zero-order valence-electron chi connectivity index (χ0n) is 13.2. The van der Waals surface area contributed by atoms with Gasteiger partial charge >= 0.3 is 6.03 Å². The first kappa shape index (κ1) is 16.1. The van der Waals surface area contributed by atoms with Crippen LogP contribution >= 0.6 is 15.9 Å². The number of carbonyl (C=O) groups excluding carboxylic acids is 2. The van der Waals surface area contributed by atoms with Crippen molar-refractivity contribution in [3.63, 3.8) is 0 Å². The van der Waals surface area contributed by atoms with Crippen LogP contribution in [0.5, 0.6) is 0 Å². The fourth-order valence-corrected chi connectivity index (χ4v) is 3.19. The molecule has 6 heteroatoms. The molecule has 3 rings (SSSR count). The molecule has 1 atom stereocenters. The van der Waals surface area contributed by atoms with Crippen LogP contribution in [-0.4, -0.2) is 29.9 Å². The number of hydrogen-bond donors (Lipinski definition) is 2. The van der Waals surface area contributed by atoms with E-state index in [-0.39, 0.29) is 18.0 Å². The number of hydrogen-bond acceptors (Lipinski definition) is 2. The predicted molar refractivity (Wildman–Crippen MR) is 91.6 cm³/mol. The molecule has 0 fully saturated rings. The number of nitrogens with zero attached hydrogens (tertiary/aromatic N) is 1. The van der Waals surface area contributed by atoms with Gasteiger partial charge in [-0.15, -0.1) is 0 Å². The lowest BCUT2D eigenvalue weighted by Gasteiger charge is -2.25. The molecule has 0 unspecified atom stereocenters. The van der Waals surface area contributed by atoms with E-state index in [1.54, 1.807) is 0 Å². The maximum absolute atomic E-state index is 12.8. The summed E-state index contributed by atoms with van der Waals surface area (Å²) in [5.74, 6) is 0.552.